The van der Waals surface area contributed by atoms with Gasteiger partial charge in [0.05, 0.1) is 95.6 Å². The number of alkyl carbamates (subject to hydrolysis) is 4. The lowest BCUT2D eigenvalue weighted by Gasteiger charge is -2.29. The minimum atomic E-state index is -1.00. The van der Waals surface area contributed by atoms with Gasteiger partial charge in [-0.05, 0) is 152 Å². The minimum Gasteiger partial charge on any atom is -0.453 e. The van der Waals surface area contributed by atoms with E-state index in [4.69, 9.17) is 32.0 Å². The van der Waals surface area contributed by atoms with Gasteiger partial charge in [-0.25, -0.2) is 39.1 Å². The number of fused-ring (bicyclic) bond motifs is 2. The number of aromatic amines is 4. The van der Waals surface area contributed by atoms with Gasteiger partial charge in [-0.2, -0.15) is 0 Å². The molecule has 8 aromatic rings. The molecule has 4 aromatic carbocycles. The highest BCUT2D eigenvalue weighted by atomic mass is 79.9. The highest BCUT2D eigenvalue weighted by molar-refractivity contribution is 9.10. The fraction of sp³-hybridized carbons (Fsp3) is 0.457. The lowest BCUT2D eigenvalue weighted by Crippen LogP contribution is -2.51. The van der Waals surface area contributed by atoms with E-state index in [0.29, 0.717) is 49.2 Å². The number of rotatable bonds is 18. The fourth-order valence-corrected chi connectivity index (χ4v) is 14.4. The standard InChI is InChI=1S/C40H48N8O6.C24H27BrN4O3.C16H22N4O3.CH3F/c1-23(2)33(45-39(51)53-5)37(49)47-19-7-9-31(47)35-41-22-28(42-35)17-13-25-11-14-26(15-12-25)27-16-18-29-30(21-27)44-36(43-29)32-10-8-20-48(32)38(50)34(24(3)4)46-40(52)54-6;1-14(2)21(28-24(31)32-3)23(30)29-12-4-5-20(29)22-26-18-11-8-16(13-19(18)27-22)15-6-9-17(25)10-7-15;1-5-11-9-17-14(18-11)12-7-6-8-20(12)15(21)13(10(2)3)19-16(22)23-4;1-2/h11-12,14-16,18,21-24,31-34H,7-10,19-20H2,1-6H3,(H,41,42)(H,43,44)(H,45,51)(H,46,52);6-11,13-14,20-21H,4-5,12H2,1-3H3,(H,26,27)(H,28,31);1,9-10,12-13H,6-8H2,2-4H3,(H,17,18)(H,19,22);1H3/t31-,32-,33-,34-;20-,21-;12?,13-;/m000./s1/i;;;1D. The van der Waals surface area contributed by atoms with Gasteiger partial charge < -0.3 is 79.8 Å². The van der Waals surface area contributed by atoms with E-state index < -0.39 is 55.7 Å². The zero-order valence-corrected chi connectivity index (χ0v) is 66.3. The third-order valence-electron chi connectivity index (χ3n) is 20.1. The maximum Gasteiger partial charge on any atom is 0.407 e. The van der Waals surface area contributed by atoms with Crippen molar-refractivity contribution in [2.75, 3.05) is 61.8 Å². The molecule has 0 radical (unpaired) electrons. The molecule has 4 aliphatic heterocycles. The molecular weight excluding hydrogens is 1490 g/mol. The summed E-state index contributed by atoms with van der Waals surface area (Å²) < 4.78 is 35.3. The van der Waals surface area contributed by atoms with Gasteiger partial charge >= 0.3 is 24.4 Å². The second-order valence-corrected chi connectivity index (χ2v) is 29.7. The highest BCUT2D eigenvalue weighted by Crippen LogP contribution is 2.38. The van der Waals surface area contributed by atoms with Crippen LogP contribution in [-0.4, -0.2) is 193 Å². The van der Waals surface area contributed by atoms with Crippen molar-refractivity contribution in [1.82, 2.24) is 80.7 Å². The quantitative estimate of drug-likeness (QED) is 0.0292. The van der Waals surface area contributed by atoms with Crippen LogP contribution >= 0.6 is 15.9 Å². The lowest BCUT2D eigenvalue weighted by atomic mass is 10.0. The van der Waals surface area contributed by atoms with Crippen molar-refractivity contribution in [2.45, 2.75) is 155 Å². The van der Waals surface area contributed by atoms with Gasteiger partial charge in [0.1, 0.15) is 58.9 Å². The summed E-state index contributed by atoms with van der Waals surface area (Å²) in [6.45, 7) is 17.6. The number of ether oxygens (including phenoxy) is 4. The Labute approximate surface area is 655 Å². The summed E-state index contributed by atoms with van der Waals surface area (Å²) in [7, 11) is 4.14. The van der Waals surface area contributed by atoms with Crippen LogP contribution in [0.1, 0.15) is 173 Å². The minimum absolute atomic E-state index is 0.0549. The normalized spacial score (nSPS) is 17.7. The van der Waals surface area contributed by atoms with Gasteiger partial charge in [-0.1, -0.05) is 120 Å². The van der Waals surface area contributed by atoms with E-state index in [0.717, 1.165) is 117 Å². The number of likely N-dealkylation sites (tertiary alicyclic amines) is 4. The van der Waals surface area contributed by atoms with E-state index in [1.54, 1.807) is 22.2 Å². The van der Waals surface area contributed by atoms with Crippen molar-refractivity contribution in [3.05, 3.63) is 142 Å². The van der Waals surface area contributed by atoms with Crippen LogP contribution in [0.5, 0.6) is 0 Å². The summed E-state index contributed by atoms with van der Waals surface area (Å²) in [5.41, 5.74) is 9.80. The summed E-state index contributed by atoms with van der Waals surface area (Å²) in [5.74, 6) is 10.8. The van der Waals surface area contributed by atoms with Crippen LogP contribution < -0.4 is 21.3 Å². The summed E-state index contributed by atoms with van der Waals surface area (Å²) in [6.07, 6.45) is 12.8. The van der Waals surface area contributed by atoms with Gasteiger partial charge in [0.15, 0.2) is 0 Å². The molecule has 4 aliphatic rings. The van der Waals surface area contributed by atoms with Crippen molar-refractivity contribution < 1.29 is 63.1 Å². The summed E-state index contributed by atoms with van der Waals surface area (Å²) in [5, 5.41) is 10.7. The topological polar surface area (TPSA) is 349 Å². The second kappa shape index (κ2) is 38.9. The molecule has 28 nitrogen and oxygen atoms in total. The first-order valence-corrected chi connectivity index (χ1v) is 37.9. The second-order valence-electron chi connectivity index (χ2n) is 28.7. The van der Waals surface area contributed by atoms with Crippen LogP contribution in [0.15, 0.2) is 102 Å². The van der Waals surface area contributed by atoms with E-state index in [1.165, 1.54) is 28.4 Å². The number of nitrogens with one attached hydrogen (secondary N) is 8. The number of alkyl halides is 1. The molecule has 0 aliphatic carbocycles. The number of amides is 8. The van der Waals surface area contributed by atoms with Gasteiger partial charge in [0.2, 0.25) is 23.6 Å². The van der Waals surface area contributed by atoms with E-state index in [2.05, 4.69) is 120 Å². The number of aromatic nitrogens is 8. The third kappa shape index (κ3) is 20.6. The molecule has 0 bridgehead atoms. The zero-order chi connectivity index (χ0) is 81.0. The molecule has 8 atom stereocenters. The van der Waals surface area contributed by atoms with Gasteiger partial charge in [-0.15, -0.1) is 6.42 Å². The third-order valence-corrected chi connectivity index (χ3v) is 20.6. The first kappa shape index (κ1) is 82.2. The van der Waals surface area contributed by atoms with Gasteiger partial charge in [-0.3, -0.25) is 23.6 Å². The number of hydrogen-bond acceptors (Lipinski definition) is 16. The monoisotopic (exact) mass is 1590 g/mol. The first-order valence-electron chi connectivity index (χ1n) is 37.8. The van der Waals surface area contributed by atoms with Crippen molar-refractivity contribution in [1.29, 1.82) is 0 Å². The Balaban J connectivity index is 0.000000209. The number of benzene rings is 4. The predicted octanol–water partition coefficient (Wildman–Crippen LogP) is 12.5. The van der Waals surface area contributed by atoms with E-state index in [1.807, 2.05) is 120 Å². The smallest absolute Gasteiger partial charge is 0.407 e. The molecule has 590 valence electrons. The highest BCUT2D eigenvalue weighted by Gasteiger charge is 2.42. The molecule has 8 N–H and O–H groups in total. The summed E-state index contributed by atoms with van der Waals surface area (Å²) in [4.78, 5) is 139. The number of imidazole rings is 4. The van der Waals surface area contributed by atoms with Crippen molar-refractivity contribution in [3.8, 4) is 46.4 Å². The van der Waals surface area contributed by atoms with Crippen molar-refractivity contribution in [3.63, 3.8) is 0 Å². The average molecular weight is 1590 g/mol. The van der Waals surface area contributed by atoms with Crippen LogP contribution in [-0.2, 0) is 38.1 Å². The molecule has 1 unspecified atom stereocenters. The Kier molecular flexibility index (Phi) is 28.8. The molecule has 0 saturated carbocycles. The summed E-state index contributed by atoms with van der Waals surface area (Å²) >= 11 is 3.47. The number of halogens is 2. The Bertz CT molecular complexity index is 4700. The largest absolute Gasteiger partial charge is 0.453 e. The number of methoxy groups -OCH3 is 4. The Morgan fingerprint density at radius 3 is 1.09 bits per heavy atom. The van der Waals surface area contributed by atoms with E-state index >= 15 is 0 Å². The number of carbonyl (C=O) groups is 8. The fourth-order valence-electron chi connectivity index (χ4n) is 14.2. The van der Waals surface area contributed by atoms with Gasteiger partial charge in [0, 0.05) is 36.2 Å². The number of hydrogen-bond donors (Lipinski definition) is 8. The van der Waals surface area contributed by atoms with Crippen molar-refractivity contribution in [2.24, 2.45) is 23.7 Å². The SMILES string of the molecule is C#Cc1cnc(C2CCCN2C(=O)[C@@H](NC(=O)OC)C(C)C)[nH]1.COC(=O)N[C@H](C(=O)N1CCC[C@H]1c1nc2ccc(-c3ccc(Br)cc3)cc2[nH]1)C(C)C.COC(=O)N[C@H](C(=O)N1CCC[C@H]1c1ncc(C#Cc2ccc(-c3ccc4nc([C@@H]5CCCN5C(=O)[C@@H](NC(=O)OC)C(C)C)[nH]c4c3)cc2)[nH]1)C(C)C.[2H]CF. The average Bonchev–Trinajstić information content (AvgIpc) is 1.65. The maximum absolute atomic E-state index is 13.6. The molecule has 8 amide bonds. The Morgan fingerprint density at radius 2 is 0.775 bits per heavy atom. The molecule has 8 heterocycles. The molecule has 30 heteroatoms. The molecular formula is C81H100BrFN16O12. The molecule has 12 rings (SSSR count). The van der Waals surface area contributed by atoms with E-state index in [9.17, 15) is 42.7 Å². The Morgan fingerprint density at radius 1 is 0.468 bits per heavy atom. The Hall–Kier alpha value is -11.3. The molecule has 4 fully saturated rings. The maximum atomic E-state index is 13.6. The predicted molar refractivity (Wildman–Crippen MR) is 420 cm³/mol. The molecule has 0 spiro atoms. The number of carbonyl (C=O) groups excluding carboxylic acids is 8. The van der Waals surface area contributed by atoms with Crippen LogP contribution in [0.3, 0.4) is 0 Å². The number of nitrogens with zero attached hydrogens (tertiary/aromatic N) is 8. The van der Waals surface area contributed by atoms with Crippen LogP contribution in [0.2, 0.25) is 0 Å². The number of terminal acetylenes is 1. The van der Waals surface area contributed by atoms with Crippen LogP contribution in [0, 0.1) is 47.9 Å². The van der Waals surface area contributed by atoms with Crippen LogP contribution in [0.25, 0.3) is 44.3 Å². The summed E-state index contributed by atoms with van der Waals surface area (Å²) in [6, 6.07) is 25.0. The lowest BCUT2D eigenvalue weighted by molar-refractivity contribution is -0.136. The molecule has 4 aromatic heterocycles. The first-order chi connectivity index (χ1) is 53.7. The van der Waals surface area contributed by atoms with Gasteiger partial charge in [0.25, 0.3) is 0 Å². The number of H-pyrrole nitrogens is 4. The zero-order valence-electron chi connectivity index (χ0n) is 65.7. The van der Waals surface area contributed by atoms with Crippen molar-refractivity contribution >= 4 is 86.0 Å². The van der Waals surface area contributed by atoms with Crippen LogP contribution in [0.4, 0.5) is 23.6 Å². The molecule has 111 heavy (non-hydrogen) atoms. The molecule has 4 saturated heterocycles. The van der Waals surface area contributed by atoms with E-state index in [-0.39, 0.29) is 71.5 Å².